The maximum Gasteiger partial charge on any atom is 0.410 e. The lowest BCUT2D eigenvalue weighted by Crippen LogP contribution is -2.44. The van der Waals surface area contributed by atoms with Gasteiger partial charge in [0.15, 0.2) is 0 Å². The van der Waals surface area contributed by atoms with Gasteiger partial charge in [-0.1, -0.05) is 12.1 Å². The van der Waals surface area contributed by atoms with Crippen LogP contribution in [0.3, 0.4) is 0 Å². The summed E-state index contributed by atoms with van der Waals surface area (Å²) in [4.78, 5) is 25.5. The highest BCUT2D eigenvalue weighted by Crippen LogP contribution is 2.31. The van der Waals surface area contributed by atoms with Crippen molar-refractivity contribution >= 4 is 11.9 Å². The molecule has 0 aliphatic carbocycles. The number of amides is 1. The molecule has 0 saturated carbocycles. The molecule has 1 heterocycles. The van der Waals surface area contributed by atoms with Gasteiger partial charge in [0.05, 0.1) is 6.04 Å². The average molecular weight is 293 g/mol. The zero-order valence-electron chi connectivity index (χ0n) is 12.6. The molecule has 1 unspecified atom stereocenters. The number of hydrogen-bond donors (Lipinski definition) is 0. The highest BCUT2D eigenvalue weighted by molar-refractivity contribution is 5.82. The van der Waals surface area contributed by atoms with Crippen molar-refractivity contribution in [3.8, 4) is 0 Å². The highest BCUT2D eigenvalue weighted by atomic mass is 19.1. The monoisotopic (exact) mass is 293 g/mol. The Hall–Kier alpha value is -1.91. The van der Waals surface area contributed by atoms with Crippen LogP contribution >= 0.6 is 0 Å². The van der Waals surface area contributed by atoms with E-state index in [2.05, 4.69) is 0 Å². The summed E-state index contributed by atoms with van der Waals surface area (Å²) in [6.45, 7) is 5.67. The van der Waals surface area contributed by atoms with Crippen molar-refractivity contribution in [3.63, 3.8) is 0 Å². The van der Waals surface area contributed by atoms with E-state index in [-0.39, 0.29) is 18.0 Å². The smallest absolute Gasteiger partial charge is 0.410 e. The summed E-state index contributed by atoms with van der Waals surface area (Å²) in [5, 5.41) is 0. The van der Waals surface area contributed by atoms with Crippen LogP contribution in [0.15, 0.2) is 24.3 Å². The maximum atomic E-state index is 13.4. The minimum atomic E-state index is -0.606. The fourth-order valence-corrected chi connectivity index (χ4v) is 2.38. The number of ether oxygens (including phenoxy) is 1. The normalized spacial score (nSPS) is 19.5. The first-order chi connectivity index (χ1) is 9.76. The van der Waals surface area contributed by atoms with Crippen LogP contribution in [0.5, 0.6) is 0 Å². The standard InChI is InChI=1S/C16H20FNO3/c1-16(2,3)21-15(20)18-8-7-13(19)10-14(18)11-5-4-6-12(17)9-11/h4-6,9,14H,7-8,10H2,1-3H3. The lowest BCUT2D eigenvalue weighted by molar-refractivity contribution is -0.123. The van der Waals surface area contributed by atoms with Gasteiger partial charge in [0.25, 0.3) is 0 Å². The van der Waals surface area contributed by atoms with Gasteiger partial charge < -0.3 is 9.64 Å². The van der Waals surface area contributed by atoms with Gasteiger partial charge >= 0.3 is 6.09 Å². The Kier molecular flexibility index (Phi) is 4.30. The van der Waals surface area contributed by atoms with Gasteiger partial charge in [-0.25, -0.2) is 9.18 Å². The quantitative estimate of drug-likeness (QED) is 0.796. The molecular formula is C16H20FNO3. The SMILES string of the molecule is CC(C)(C)OC(=O)N1CCC(=O)CC1c1cccc(F)c1. The summed E-state index contributed by atoms with van der Waals surface area (Å²) < 4.78 is 18.8. The van der Waals surface area contributed by atoms with Crippen molar-refractivity contribution in [3.05, 3.63) is 35.6 Å². The Balaban J connectivity index is 2.25. The third kappa shape index (κ3) is 4.03. The largest absolute Gasteiger partial charge is 0.444 e. The van der Waals surface area contributed by atoms with Gasteiger partial charge in [0.1, 0.15) is 17.2 Å². The lowest BCUT2D eigenvalue weighted by Gasteiger charge is -2.36. The van der Waals surface area contributed by atoms with Crippen LogP contribution in [-0.2, 0) is 9.53 Å². The number of hydrogen-bond acceptors (Lipinski definition) is 3. The Morgan fingerprint density at radius 2 is 2.10 bits per heavy atom. The third-order valence-electron chi connectivity index (χ3n) is 3.29. The second kappa shape index (κ2) is 5.84. The molecule has 0 spiro atoms. The fourth-order valence-electron chi connectivity index (χ4n) is 2.38. The van der Waals surface area contributed by atoms with Crippen LogP contribution in [-0.4, -0.2) is 28.9 Å². The van der Waals surface area contributed by atoms with Crippen molar-refractivity contribution in [2.24, 2.45) is 0 Å². The van der Waals surface area contributed by atoms with E-state index in [0.717, 1.165) is 0 Å². The minimum Gasteiger partial charge on any atom is -0.444 e. The van der Waals surface area contributed by atoms with Crippen molar-refractivity contribution in [1.82, 2.24) is 4.90 Å². The number of likely N-dealkylation sites (tertiary alicyclic amines) is 1. The number of carbonyl (C=O) groups excluding carboxylic acids is 2. The van der Waals surface area contributed by atoms with Crippen LogP contribution in [0, 0.1) is 5.82 Å². The molecule has 1 aliphatic rings. The average Bonchev–Trinajstić information content (AvgIpc) is 2.36. The Morgan fingerprint density at radius 3 is 2.71 bits per heavy atom. The highest BCUT2D eigenvalue weighted by Gasteiger charge is 2.34. The van der Waals surface area contributed by atoms with Crippen LogP contribution < -0.4 is 0 Å². The summed E-state index contributed by atoms with van der Waals surface area (Å²) in [5.74, 6) is -0.307. The lowest BCUT2D eigenvalue weighted by atomic mass is 9.94. The number of piperidine rings is 1. The molecule has 1 aromatic rings. The van der Waals surface area contributed by atoms with Crippen LogP contribution in [0.2, 0.25) is 0 Å². The molecule has 0 radical (unpaired) electrons. The van der Waals surface area contributed by atoms with Crippen LogP contribution in [0.4, 0.5) is 9.18 Å². The van der Waals surface area contributed by atoms with Gasteiger partial charge in [0, 0.05) is 19.4 Å². The number of halogens is 1. The molecule has 1 aliphatic heterocycles. The second-order valence-electron chi connectivity index (χ2n) is 6.24. The molecule has 1 aromatic carbocycles. The first-order valence-corrected chi connectivity index (χ1v) is 7.03. The van der Waals surface area contributed by atoms with Crippen molar-refractivity contribution in [2.75, 3.05) is 6.54 Å². The molecule has 1 amide bonds. The van der Waals surface area contributed by atoms with Crippen molar-refractivity contribution < 1.29 is 18.7 Å². The number of nitrogens with zero attached hydrogens (tertiary/aromatic N) is 1. The molecule has 1 atom stereocenters. The molecule has 0 aromatic heterocycles. The summed E-state index contributed by atoms with van der Waals surface area (Å²) in [6, 6.07) is 5.55. The summed E-state index contributed by atoms with van der Waals surface area (Å²) >= 11 is 0. The summed E-state index contributed by atoms with van der Waals surface area (Å²) in [7, 11) is 0. The van der Waals surface area contributed by atoms with E-state index in [9.17, 15) is 14.0 Å². The molecule has 114 valence electrons. The van der Waals surface area contributed by atoms with Gasteiger partial charge in [-0.05, 0) is 38.5 Å². The fraction of sp³-hybridized carbons (Fsp3) is 0.500. The van der Waals surface area contributed by atoms with E-state index < -0.39 is 17.7 Å². The number of benzene rings is 1. The van der Waals surface area contributed by atoms with E-state index in [0.29, 0.717) is 18.5 Å². The van der Waals surface area contributed by atoms with Gasteiger partial charge in [-0.2, -0.15) is 0 Å². The number of rotatable bonds is 1. The van der Waals surface area contributed by atoms with Gasteiger partial charge in [-0.15, -0.1) is 0 Å². The summed E-state index contributed by atoms with van der Waals surface area (Å²) in [6.07, 6.45) is 0.0394. The van der Waals surface area contributed by atoms with Crippen molar-refractivity contribution in [1.29, 1.82) is 0 Å². The zero-order valence-corrected chi connectivity index (χ0v) is 12.6. The zero-order chi connectivity index (χ0) is 15.6. The van der Waals surface area contributed by atoms with Crippen molar-refractivity contribution in [2.45, 2.75) is 45.3 Å². The first kappa shape index (κ1) is 15.5. The second-order valence-corrected chi connectivity index (χ2v) is 6.24. The predicted molar refractivity (Wildman–Crippen MR) is 76.3 cm³/mol. The molecule has 0 N–H and O–H groups in total. The Labute approximate surface area is 123 Å². The van der Waals surface area contributed by atoms with Crippen LogP contribution in [0.25, 0.3) is 0 Å². The molecule has 21 heavy (non-hydrogen) atoms. The topological polar surface area (TPSA) is 46.6 Å². The van der Waals surface area contributed by atoms with E-state index >= 15 is 0 Å². The number of carbonyl (C=O) groups is 2. The molecule has 1 fully saturated rings. The van der Waals surface area contributed by atoms with E-state index in [1.807, 2.05) is 0 Å². The van der Waals surface area contributed by atoms with E-state index in [1.165, 1.54) is 17.0 Å². The molecule has 2 rings (SSSR count). The number of ketones is 1. The molecule has 5 heteroatoms. The summed E-state index contributed by atoms with van der Waals surface area (Å²) in [5.41, 5.74) is 0.0132. The molecular weight excluding hydrogens is 273 g/mol. The van der Waals surface area contributed by atoms with E-state index in [1.54, 1.807) is 32.9 Å². The molecule has 0 bridgehead atoms. The maximum absolute atomic E-state index is 13.4. The Morgan fingerprint density at radius 1 is 1.38 bits per heavy atom. The molecule has 4 nitrogen and oxygen atoms in total. The van der Waals surface area contributed by atoms with Gasteiger partial charge in [-0.3, -0.25) is 4.79 Å². The predicted octanol–water partition coefficient (Wildman–Crippen LogP) is 3.47. The number of Topliss-reactive ketones (excluding diaryl/α,β-unsaturated/α-hetero) is 1. The van der Waals surface area contributed by atoms with E-state index in [4.69, 9.17) is 4.74 Å². The minimum absolute atomic E-state index is 0.0732. The van der Waals surface area contributed by atoms with Gasteiger partial charge in [0.2, 0.25) is 0 Å². The Bertz CT molecular complexity index is 551. The third-order valence-corrected chi connectivity index (χ3v) is 3.29. The first-order valence-electron chi connectivity index (χ1n) is 7.03. The molecule has 1 saturated heterocycles. The van der Waals surface area contributed by atoms with Crippen LogP contribution in [0.1, 0.15) is 45.2 Å².